The molecule has 0 unspecified atom stereocenters. The Morgan fingerprint density at radius 3 is 1.23 bits per heavy atom. The van der Waals surface area contributed by atoms with Crippen LogP contribution in [0.5, 0.6) is 0 Å². The Morgan fingerprint density at radius 2 is 1.14 bits per heavy atom. The summed E-state index contributed by atoms with van der Waals surface area (Å²) in [6.07, 6.45) is 0. The van der Waals surface area contributed by atoms with Gasteiger partial charge in [0.2, 0.25) is 11.8 Å². The largest absolute Gasteiger partial charge is 0.340 e. The van der Waals surface area contributed by atoms with Gasteiger partial charge in [-0.15, -0.1) is 0 Å². The molecule has 0 aromatic rings. The van der Waals surface area contributed by atoms with Gasteiger partial charge in [-0.3, -0.25) is 9.59 Å². The molecule has 0 heterocycles. The summed E-state index contributed by atoms with van der Waals surface area (Å²) in [7, 11) is 0. The summed E-state index contributed by atoms with van der Waals surface area (Å²) >= 11 is 0. The van der Waals surface area contributed by atoms with Crippen molar-refractivity contribution in [2.24, 2.45) is 0 Å². The normalized spacial score (nSPS) is 9.91. The van der Waals surface area contributed by atoms with Crippen LogP contribution in [0.1, 0.15) is 55.4 Å². The van der Waals surface area contributed by atoms with Crippen LogP contribution in [0, 0.1) is 0 Å². The van der Waals surface area contributed by atoms with Crippen molar-refractivity contribution in [1.29, 1.82) is 0 Å². The van der Waals surface area contributed by atoms with Crippen LogP contribution in [0.4, 0.5) is 0 Å². The molecule has 0 saturated carbocycles. The maximum atomic E-state index is 11.6. The Bertz CT molecular complexity index is 386. The zero-order valence-corrected chi connectivity index (χ0v) is 15.7. The minimum atomic E-state index is 0.0556. The highest BCUT2D eigenvalue weighted by atomic mass is 16.2. The lowest BCUT2D eigenvalue weighted by Gasteiger charge is -2.30. The molecule has 0 aromatic heterocycles. The first-order chi connectivity index (χ1) is 10.0. The maximum absolute atomic E-state index is 11.6. The third-order valence-electron chi connectivity index (χ3n) is 3.13. The molecule has 0 bridgehead atoms. The van der Waals surface area contributed by atoms with E-state index in [0.717, 1.165) is 13.1 Å². The molecule has 128 valence electrons. The topological polar surface area (TPSA) is 40.6 Å². The lowest BCUT2D eigenvalue weighted by Crippen LogP contribution is -2.42. The van der Waals surface area contributed by atoms with Crippen molar-refractivity contribution >= 4 is 11.8 Å². The summed E-state index contributed by atoms with van der Waals surface area (Å²) in [4.78, 5) is 26.3. The fourth-order valence-electron chi connectivity index (χ4n) is 2.07. The molecule has 0 aromatic carbocycles. The molecule has 0 aliphatic rings. The first kappa shape index (κ1) is 22.7. The van der Waals surface area contributed by atoms with E-state index >= 15 is 0 Å². The van der Waals surface area contributed by atoms with E-state index in [1.165, 1.54) is 0 Å². The van der Waals surface area contributed by atoms with Gasteiger partial charge in [-0.1, -0.05) is 13.2 Å². The van der Waals surface area contributed by atoms with Gasteiger partial charge in [0.15, 0.2) is 0 Å². The van der Waals surface area contributed by atoms with Gasteiger partial charge < -0.3 is 9.80 Å². The summed E-state index contributed by atoms with van der Waals surface area (Å²) in [5, 5.41) is 0. The molecule has 0 aliphatic heterocycles. The maximum Gasteiger partial charge on any atom is 0.249 e. The van der Waals surface area contributed by atoms with Crippen LogP contribution in [0.2, 0.25) is 0 Å². The van der Waals surface area contributed by atoms with Gasteiger partial charge in [-0.2, -0.15) is 0 Å². The Hall–Kier alpha value is -1.58. The molecule has 0 atom stereocenters. The molecule has 2 amide bonds. The van der Waals surface area contributed by atoms with Crippen LogP contribution in [0.3, 0.4) is 0 Å². The zero-order chi connectivity index (χ0) is 18.0. The summed E-state index contributed by atoms with van der Waals surface area (Å²) in [6, 6.07) is 0.489. The average molecular weight is 310 g/mol. The molecule has 0 spiro atoms. The van der Waals surface area contributed by atoms with E-state index in [1.54, 1.807) is 18.7 Å². The quantitative estimate of drug-likeness (QED) is 0.703. The molecule has 0 N–H and O–H groups in total. The van der Waals surface area contributed by atoms with Gasteiger partial charge in [0.05, 0.1) is 0 Å². The molecular weight excluding hydrogens is 276 g/mol. The van der Waals surface area contributed by atoms with Crippen molar-refractivity contribution in [2.75, 3.05) is 13.1 Å². The van der Waals surface area contributed by atoms with Crippen LogP contribution < -0.4 is 0 Å². The zero-order valence-electron chi connectivity index (χ0n) is 15.7. The highest BCUT2D eigenvalue weighted by Gasteiger charge is 2.19. The van der Waals surface area contributed by atoms with Crippen molar-refractivity contribution in [3.8, 4) is 0 Å². The molecule has 4 heteroatoms. The van der Waals surface area contributed by atoms with E-state index in [1.807, 2.05) is 46.4 Å². The minimum Gasteiger partial charge on any atom is -0.340 e. The summed E-state index contributed by atoms with van der Waals surface area (Å²) in [5.41, 5.74) is 1.22. The highest BCUT2D eigenvalue weighted by Crippen LogP contribution is 2.09. The van der Waals surface area contributed by atoms with Crippen molar-refractivity contribution in [3.05, 3.63) is 24.3 Å². The third-order valence-corrected chi connectivity index (χ3v) is 3.13. The van der Waals surface area contributed by atoms with Crippen molar-refractivity contribution in [2.45, 2.75) is 67.5 Å². The number of amides is 2. The van der Waals surface area contributed by atoms with Crippen molar-refractivity contribution in [1.82, 2.24) is 9.80 Å². The summed E-state index contributed by atoms with van der Waals surface area (Å²) in [5.74, 6) is 0.116. The SMILES string of the molecule is C=C(C)C(=O)N(C(C)C)C(C)C.C=C(C)C(=O)N(CC)CC. The van der Waals surface area contributed by atoms with Gasteiger partial charge in [0.1, 0.15) is 0 Å². The fraction of sp³-hybridized carbons (Fsp3) is 0.667. The second kappa shape index (κ2) is 11.0. The Balaban J connectivity index is 0. The van der Waals surface area contributed by atoms with Crippen LogP contribution >= 0.6 is 0 Å². The number of carbonyl (C=O) groups is 2. The number of likely N-dealkylation sites (N-methyl/N-ethyl adjacent to an activating group) is 1. The molecule has 0 fully saturated rings. The lowest BCUT2D eigenvalue weighted by molar-refractivity contribution is -0.130. The van der Waals surface area contributed by atoms with E-state index in [4.69, 9.17) is 0 Å². The summed E-state index contributed by atoms with van der Waals surface area (Å²) < 4.78 is 0. The number of nitrogens with zero attached hydrogens (tertiary/aromatic N) is 2. The Kier molecular flexibility index (Phi) is 11.4. The second-order valence-electron chi connectivity index (χ2n) is 5.94. The van der Waals surface area contributed by atoms with E-state index < -0.39 is 0 Å². The summed E-state index contributed by atoms with van der Waals surface area (Å²) in [6.45, 7) is 24.2. The molecule has 4 nitrogen and oxygen atoms in total. The predicted octanol–water partition coefficient (Wildman–Crippen LogP) is 3.64. The Morgan fingerprint density at radius 1 is 0.818 bits per heavy atom. The second-order valence-corrected chi connectivity index (χ2v) is 5.94. The van der Waals surface area contributed by atoms with Gasteiger partial charge in [-0.05, 0) is 55.4 Å². The molecular formula is C18H34N2O2. The van der Waals surface area contributed by atoms with Crippen LogP contribution in [0.25, 0.3) is 0 Å². The van der Waals surface area contributed by atoms with Crippen molar-refractivity contribution in [3.63, 3.8) is 0 Å². The average Bonchev–Trinajstić information content (AvgIpc) is 2.39. The number of rotatable bonds is 6. The first-order valence-electron chi connectivity index (χ1n) is 7.94. The fourth-order valence-corrected chi connectivity index (χ4v) is 2.07. The molecule has 0 rings (SSSR count). The van der Waals surface area contributed by atoms with Gasteiger partial charge in [-0.25, -0.2) is 0 Å². The van der Waals surface area contributed by atoms with Gasteiger partial charge in [0.25, 0.3) is 0 Å². The predicted molar refractivity (Wildman–Crippen MR) is 94.7 cm³/mol. The van der Waals surface area contributed by atoms with Crippen LogP contribution in [0.15, 0.2) is 24.3 Å². The van der Waals surface area contributed by atoms with Gasteiger partial charge in [0, 0.05) is 36.3 Å². The molecule has 22 heavy (non-hydrogen) atoms. The first-order valence-corrected chi connectivity index (χ1v) is 7.94. The monoisotopic (exact) mass is 310 g/mol. The van der Waals surface area contributed by atoms with E-state index in [0.29, 0.717) is 11.1 Å². The Labute approximate surface area is 136 Å². The number of carbonyl (C=O) groups excluding carboxylic acids is 2. The number of hydrogen-bond donors (Lipinski definition) is 0. The third kappa shape index (κ3) is 8.01. The van der Waals surface area contributed by atoms with E-state index in [-0.39, 0.29) is 23.9 Å². The minimum absolute atomic E-state index is 0.0556. The molecule has 0 aliphatic carbocycles. The molecule has 0 radical (unpaired) electrons. The van der Waals surface area contributed by atoms with Crippen molar-refractivity contribution < 1.29 is 9.59 Å². The number of hydrogen-bond acceptors (Lipinski definition) is 2. The van der Waals surface area contributed by atoms with Gasteiger partial charge >= 0.3 is 0 Å². The van der Waals surface area contributed by atoms with Crippen LogP contribution in [-0.2, 0) is 9.59 Å². The smallest absolute Gasteiger partial charge is 0.249 e. The van der Waals surface area contributed by atoms with E-state index in [9.17, 15) is 9.59 Å². The molecule has 0 saturated heterocycles. The van der Waals surface area contributed by atoms with Crippen LogP contribution in [-0.4, -0.2) is 46.8 Å². The highest BCUT2D eigenvalue weighted by molar-refractivity contribution is 5.92. The van der Waals surface area contributed by atoms with E-state index in [2.05, 4.69) is 13.2 Å². The lowest BCUT2D eigenvalue weighted by atomic mass is 10.2. The standard InChI is InChI=1S/C10H19NO.C8H15NO/c1-7(2)10(12)11(8(3)4)9(5)6;1-5-9(6-2)8(10)7(3)4/h8-9H,1H2,2-6H3;3,5-6H2,1-2,4H3.